The molecule has 6 aromatic carbocycles. The fraction of sp³-hybridized carbons (Fsp3) is 0. The van der Waals surface area contributed by atoms with Gasteiger partial charge >= 0.3 is 0 Å². The van der Waals surface area contributed by atoms with Crippen LogP contribution in [0.2, 0.25) is 0 Å². The third-order valence-electron chi connectivity index (χ3n) is 7.07. The van der Waals surface area contributed by atoms with E-state index in [4.69, 9.17) is 9.97 Å². The summed E-state index contributed by atoms with van der Waals surface area (Å²) in [7, 11) is 0. The van der Waals surface area contributed by atoms with E-state index in [2.05, 4.69) is 109 Å². The molecule has 38 heavy (non-hydrogen) atoms. The van der Waals surface area contributed by atoms with Crippen LogP contribution in [0, 0.1) is 0 Å². The predicted molar refractivity (Wildman–Crippen MR) is 159 cm³/mol. The van der Waals surface area contributed by atoms with Gasteiger partial charge in [-0.15, -0.1) is 0 Å². The van der Waals surface area contributed by atoms with Crippen molar-refractivity contribution in [1.82, 2.24) is 9.97 Å². The molecule has 178 valence electrons. The Hall–Kier alpha value is -5.08. The second kappa shape index (κ2) is 9.42. The quantitative estimate of drug-likeness (QED) is 0.233. The summed E-state index contributed by atoms with van der Waals surface area (Å²) in [4.78, 5) is 10.1. The number of hydrogen-bond donors (Lipinski definition) is 0. The Morgan fingerprint density at radius 3 is 1.55 bits per heavy atom. The highest BCUT2D eigenvalue weighted by Gasteiger charge is 2.13. The molecule has 0 saturated carbocycles. The monoisotopic (exact) mass is 484 g/mol. The second-order valence-corrected chi connectivity index (χ2v) is 9.47. The van der Waals surface area contributed by atoms with E-state index < -0.39 is 0 Å². The normalized spacial score (nSPS) is 11.2. The summed E-state index contributed by atoms with van der Waals surface area (Å²) in [6.07, 6.45) is 0. The molecule has 2 heteroatoms. The number of benzene rings is 6. The van der Waals surface area contributed by atoms with Crippen LogP contribution < -0.4 is 0 Å². The zero-order valence-electron chi connectivity index (χ0n) is 20.8. The minimum absolute atomic E-state index is 0.720. The van der Waals surface area contributed by atoms with Crippen LogP contribution in [0.15, 0.2) is 146 Å². The maximum atomic E-state index is 5.04. The van der Waals surface area contributed by atoms with Crippen LogP contribution in [0.5, 0.6) is 0 Å². The molecule has 7 rings (SSSR count). The Kier molecular flexibility index (Phi) is 5.49. The average Bonchev–Trinajstić information content (AvgIpc) is 3.01. The van der Waals surface area contributed by atoms with Crippen molar-refractivity contribution in [3.63, 3.8) is 0 Å². The van der Waals surface area contributed by atoms with E-state index in [1.54, 1.807) is 0 Å². The first-order chi connectivity index (χ1) is 18.8. The van der Waals surface area contributed by atoms with E-state index in [9.17, 15) is 0 Å². The highest BCUT2D eigenvalue weighted by Crippen LogP contribution is 2.36. The lowest BCUT2D eigenvalue weighted by Crippen LogP contribution is -1.96. The molecule has 0 N–H and O–H groups in total. The summed E-state index contributed by atoms with van der Waals surface area (Å²) >= 11 is 0. The van der Waals surface area contributed by atoms with E-state index in [-0.39, 0.29) is 0 Å². The molecule has 0 aliphatic carbocycles. The van der Waals surface area contributed by atoms with Crippen LogP contribution >= 0.6 is 0 Å². The van der Waals surface area contributed by atoms with Crippen molar-refractivity contribution in [2.45, 2.75) is 0 Å². The molecule has 0 spiro atoms. The van der Waals surface area contributed by atoms with Gasteiger partial charge in [0.25, 0.3) is 0 Å². The van der Waals surface area contributed by atoms with Gasteiger partial charge in [-0.3, -0.25) is 0 Å². The molecule has 7 aromatic rings. The SMILES string of the molecule is c1ccc(-c2cc(-c3ccccc3)nc(-c3cccc(-c4cc5ccccc5c5ccccc45)c3)n2)cc1. The number of hydrogen-bond acceptors (Lipinski definition) is 2. The summed E-state index contributed by atoms with van der Waals surface area (Å²) in [5.41, 5.74) is 7.33. The van der Waals surface area contributed by atoms with Gasteiger partial charge < -0.3 is 0 Å². The summed E-state index contributed by atoms with van der Waals surface area (Å²) in [5.74, 6) is 0.720. The highest BCUT2D eigenvalue weighted by atomic mass is 14.9. The smallest absolute Gasteiger partial charge is 0.160 e. The molecule has 0 amide bonds. The molecule has 2 nitrogen and oxygen atoms in total. The Morgan fingerprint density at radius 2 is 0.868 bits per heavy atom. The summed E-state index contributed by atoms with van der Waals surface area (Å²) in [5, 5.41) is 5.02. The zero-order chi connectivity index (χ0) is 25.3. The fourth-order valence-corrected chi connectivity index (χ4v) is 5.21. The highest BCUT2D eigenvalue weighted by molar-refractivity contribution is 6.13. The van der Waals surface area contributed by atoms with Crippen molar-refractivity contribution < 1.29 is 0 Å². The molecular formula is C36H24N2. The average molecular weight is 485 g/mol. The van der Waals surface area contributed by atoms with Crippen LogP contribution in [-0.2, 0) is 0 Å². The maximum absolute atomic E-state index is 5.04. The van der Waals surface area contributed by atoms with Crippen molar-refractivity contribution in [3.8, 4) is 45.0 Å². The molecule has 0 bridgehead atoms. The lowest BCUT2D eigenvalue weighted by Gasteiger charge is -2.13. The molecule has 0 aliphatic heterocycles. The number of rotatable bonds is 4. The van der Waals surface area contributed by atoms with Crippen LogP contribution in [0.1, 0.15) is 0 Å². The first-order valence-corrected chi connectivity index (χ1v) is 12.8. The molecule has 0 radical (unpaired) electrons. The molecule has 0 unspecified atom stereocenters. The Morgan fingerprint density at radius 1 is 0.342 bits per heavy atom. The van der Waals surface area contributed by atoms with Crippen LogP contribution in [0.4, 0.5) is 0 Å². The number of aromatic nitrogens is 2. The van der Waals surface area contributed by atoms with Crippen molar-refractivity contribution in [2.75, 3.05) is 0 Å². The lowest BCUT2D eigenvalue weighted by atomic mass is 9.92. The first-order valence-electron chi connectivity index (χ1n) is 12.8. The van der Waals surface area contributed by atoms with Gasteiger partial charge in [-0.2, -0.15) is 0 Å². The topological polar surface area (TPSA) is 25.8 Å². The summed E-state index contributed by atoms with van der Waals surface area (Å²) < 4.78 is 0. The van der Waals surface area contributed by atoms with Gasteiger partial charge in [-0.1, -0.05) is 127 Å². The molecule has 0 fully saturated rings. The lowest BCUT2D eigenvalue weighted by molar-refractivity contribution is 1.18. The largest absolute Gasteiger partial charge is 0.228 e. The molecular weight excluding hydrogens is 460 g/mol. The van der Waals surface area contributed by atoms with Gasteiger partial charge in [0.05, 0.1) is 11.4 Å². The van der Waals surface area contributed by atoms with Gasteiger partial charge in [0.15, 0.2) is 5.82 Å². The fourth-order valence-electron chi connectivity index (χ4n) is 5.21. The van der Waals surface area contributed by atoms with Crippen molar-refractivity contribution in [1.29, 1.82) is 0 Å². The van der Waals surface area contributed by atoms with E-state index in [1.807, 2.05) is 36.4 Å². The maximum Gasteiger partial charge on any atom is 0.160 e. The zero-order valence-corrected chi connectivity index (χ0v) is 20.8. The van der Waals surface area contributed by atoms with E-state index in [0.717, 1.165) is 39.5 Å². The second-order valence-electron chi connectivity index (χ2n) is 9.47. The molecule has 0 atom stereocenters. The first kappa shape index (κ1) is 22.1. The summed E-state index contributed by atoms with van der Waals surface area (Å²) in [6.45, 7) is 0. The van der Waals surface area contributed by atoms with Gasteiger partial charge in [0.2, 0.25) is 0 Å². The molecule has 1 aromatic heterocycles. The standard InChI is InChI=1S/C36H24N2/c1-3-12-25(13-4-1)34-24-35(26-14-5-2-6-15-26)38-36(37-34)29-18-11-17-27(22-29)33-23-28-16-7-8-19-30(28)31-20-9-10-21-32(31)33/h1-24H. The third-order valence-corrected chi connectivity index (χ3v) is 7.07. The van der Waals surface area contributed by atoms with E-state index in [1.165, 1.54) is 27.1 Å². The van der Waals surface area contributed by atoms with Crippen molar-refractivity contribution in [3.05, 3.63) is 146 Å². The molecule has 0 aliphatic rings. The van der Waals surface area contributed by atoms with Crippen molar-refractivity contribution in [2.24, 2.45) is 0 Å². The van der Waals surface area contributed by atoms with E-state index >= 15 is 0 Å². The Balaban J connectivity index is 1.42. The number of fused-ring (bicyclic) bond motifs is 3. The van der Waals surface area contributed by atoms with Crippen molar-refractivity contribution >= 4 is 21.5 Å². The molecule has 0 saturated heterocycles. The Bertz CT molecular complexity index is 1850. The number of nitrogens with zero attached hydrogens (tertiary/aromatic N) is 2. The third kappa shape index (κ3) is 4.03. The van der Waals surface area contributed by atoms with E-state index in [0.29, 0.717) is 0 Å². The van der Waals surface area contributed by atoms with Crippen LogP contribution in [0.3, 0.4) is 0 Å². The van der Waals surface area contributed by atoms with Gasteiger partial charge in [-0.25, -0.2) is 9.97 Å². The molecule has 1 heterocycles. The summed E-state index contributed by atoms with van der Waals surface area (Å²) in [6, 6.07) is 50.9. The van der Waals surface area contributed by atoms with Gasteiger partial charge in [0.1, 0.15) is 0 Å². The van der Waals surface area contributed by atoms with Gasteiger partial charge in [0, 0.05) is 16.7 Å². The van der Waals surface area contributed by atoms with Crippen LogP contribution in [-0.4, -0.2) is 9.97 Å². The Labute approximate surface area is 221 Å². The van der Waals surface area contributed by atoms with Crippen LogP contribution in [0.25, 0.3) is 66.6 Å². The predicted octanol–water partition coefficient (Wildman–Crippen LogP) is 9.45. The minimum Gasteiger partial charge on any atom is -0.228 e. The minimum atomic E-state index is 0.720. The van der Waals surface area contributed by atoms with Gasteiger partial charge in [-0.05, 0) is 50.9 Å².